The Bertz CT molecular complexity index is 1780. The highest BCUT2D eigenvalue weighted by molar-refractivity contribution is 7.07. The summed E-state index contributed by atoms with van der Waals surface area (Å²) in [6, 6.07) is 19.2. The zero-order chi connectivity index (χ0) is 28.4. The first kappa shape index (κ1) is 27.1. The predicted molar refractivity (Wildman–Crippen MR) is 152 cm³/mol. The minimum absolute atomic E-state index is 0.281. The fraction of sp³-hybridized carbons (Fsp3) is 0.226. The maximum absolute atomic E-state index is 13.8. The first-order valence-corrected chi connectivity index (χ1v) is 13.7. The van der Waals surface area contributed by atoms with E-state index in [1.165, 1.54) is 11.3 Å². The van der Waals surface area contributed by atoms with Gasteiger partial charge in [-0.2, -0.15) is 0 Å². The zero-order valence-electron chi connectivity index (χ0n) is 22.5. The van der Waals surface area contributed by atoms with E-state index in [0.29, 0.717) is 44.3 Å². The number of rotatable bonds is 7. The molecule has 1 atom stereocenters. The highest BCUT2D eigenvalue weighted by atomic mass is 32.1. The molecular weight excluding hydrogens is 528 g/mol. The van der Waals surface area contributed by atoms with Crippen molar-refractivity contribution in [3.05, 3.63) is 115 Å². The summed E-state index contributed by atoms with van der Waals surface area (Å²) >= 11 is 1.23. The van der Waals surface area contributed by atoms with Crippen LogP contribution in [0.4, 0.5) is 0 Å². The van der Waals surface area contributed by atoms with Gasteiger partial charge in [-0.1, -0.05) is 53.8 Å². The van der Waals surface area contributed by atoms with Crippen LogP contribution < -0.4 is 14.9 Å². The molecule has 0 saturated heterocycles. The van der Waals surface area contributed by atoms with Crippen molar-refractivity contribution in [2.75, 3.05) is 6.61 Å². The number of hydrogen-bond donors (Lipinski definition) is 0. The second-order valence-corrected chi connectivity index (χ2v) is 10.5. The van der Waals surface area contributed by atoms with E-state index in [2.05, 4.69) is 4.99 Å². The number of carbonyl (C=O) groups excluding carboxylic acids is 2. The van der Waals surface area contributed by atoms with Gasteiger partial charge in [0.1, 0.15) is 11.5 Å². The normalized spacial score (nSPS) is 15.1. The van der Waals surface area contributed by atoms with Crippen molar-refractivity contribution >= 4 is 29.4 Å². The first-order valence-electron chi connectivity index (χ1n) is 12.9. The lowest BCUT2D eigenvalue weighted by atomic mass is 9.96. The van der Waals surface area contributed by atoms with Crippen LogP contribution in [0.3, 0.4) is 0 Å². The number of thiazole rings is 1. The van der Waals surface area contributed by atoms with Gasteiger partial charge in [-0.3, -0.25) is 9.36 Å². The van der Waals surface area contributed by atoms with E-state index in [0.717, 1.165) is 11.1 Å². The number of aromatic nitrogens is 1. The van der Waals surface area contributed by atoms with Crippen LogP contribution >= 0.6 is 11.3 Å². The summed E-state index contributed by atoms with van der Waals surface area (Å²) in [7, 11) is 0. The zero-order valence-corrected chi connectivity index (χ0v) is 23.4. The number of carbonyl (C=O) groups is 2. The summed E-state index contributed by atoms with van der Waals surface area (Å²) in [4.78, 5) is 43.9. The van der Waals surface area contributed by atoms with Gasteiger partial charge in [0.2, 0.25) is 0 Å². The Balaban J connectivity index is 1.53. The molecular formula is C31H28N2O6S. The molecule has 0 aliphatic carbocycles. The fourth-order valence-corrected chi connectivity index (χ4v) is 5.54. The van der Waals surface area contributed by atoms with Crippen molar-refractivity contribution in [2.24, 2.45) is 4.99 Å². The molecule has 0 amide bonds. The van der Waals surface area contributed by atoms with E-state index in [-0.39, 0.29) is 17.6 Å². The van der Waals surface area contributed by atoms with Crippen molar-refractivity contribution in [3.63, 3.8) is 0 Å². The molecule has 0 N–H and O–H groups in total. The van der Waals surface area contributed by atoms with E-state index in [1.807, 2.05) is 30.3 Å². The molecule has 1 aliphatic heterocycles. The van der Waals surface area contributed by atoms with Gasteiger partial charge in [-0.15, -0.1) is 0 Å². The number of hydrogen-bond acceptors (Lipinski definition) is 8. The van der Waals surface area contributed by atoms with Gasteiger partial charge in [0.25, 0.3) is 5.56 Å². The summed E-state index contributed by atoms with van der Waals surface area (Å²) in [5.74, 6) is 0.200. The molecule has 5 rings (SSSR count). The van der Waals surface area contributed by atoms with Crippen LogP contribution in [0.5, 0.6) is 0 Å². The number of esters is 2. The molecule has 1 unspecified atom stereocenters. The van der Waals surface area contributed by atoms with Crippen LogP contribution in [0, 0.1) is 0 Å². The standard InChI is InChI=1S/C31H28N2O6S/c1-5-37-29(35)22-13-11-20(12-14-22)24-16-15-23(39-24)17-25-28(34)33-27(21-9-7-6-8-10-21)26(30(36)38-18(2)3)19(4)32-31(33)40-25/h6-18,27H,5H2,1-4H3. The van der Waals surface area contributed by atoms with Crippen molar-refractivity contribution < 1.29 is 23.5 Å². The SMILES string of the molecule is CCOC(=O)c1ccc(-c2ccc(C=c3sc4n(c3=O)C(c3ccccc3)C(C(=O)OC(C)C)=C(C)N=4)o2)cc1. The van der Waals surface area contributed by atoms with Crippen LogP contribution in [0.2, 0.25) is 0 Å². The Kier molecular flexibility index (Phi) is 7.66. The Labute approximate surface area is 234 Å². The predicted octanol–water partition coefficient (Wildman–Crippen LogP) is 4.62. The van der Waals surface area contributed by atoms with Crippen molar-refractivity contribution in [1.29, 1.82) is 0 Å². The van der Waals surface area contributed by atoms with Crippen LogP contribution in [-0.2, 0) is 14.3 Å². The maximum atomic E-state index is 13.8. The highest BCUT2D eigenvalue weighted by Crippen LogP contribution is 2.31. The topological polar surface area (TPSA) is 100 Å². The van der Waals surface area contributed by atoms with Crippen molar-refractivity contribution in [1.82, 2.24) is 4.57 Å². The van der Waals surface area contributed by atoms with Gasteiger partial charge >= 0.3 is 11.9 Å². The largest absolute Gasteiger partial charge is 0.462 e. The molecule has 204 valence electrons. The van der Waals surface area contributed by atoms with Gasteiger partial charge in [-0.05, 0) is 57.5 Å². The second kappa shape index (κ2) is 11.3. The van der Waals surface area contributed by atoms with Crippen molar-refractivity contribution in [2.45, 2.75) is 39.8 Å². The molecule has 2 aromatic heterocycles. The lowest BCUT2D eigenvalue weighted by molar-refractivity contribution is -0.143. The molecule has 1 aliphatic rings. The van der Waals surface area contributed by atoms with Gasteiger partial charge < -0.3 is 13.9 Å². The number of benzene rings is 2. The minimum atomic E-state index is -0.670. The summed E-state index contributed by atoms with van der Waals surface area (Å²) in [5.41, 5.74) is 2.59. The number of furan rings is 1. The summed E-state index contributed by atoms with van der Waals surface area (Å²) in [6.45, 7) is 7.40. The average molecular weight is 557 g/mol. The summed E-state index contributed by atoms with van der Waals surface area (Å²) in [6.07, 6.45) is 1.36. The molecule has 2 aromatic carbocycles. The summed E-state index contributed by atoms with van der Waals surface area (Å²) < 4.78 is 18.5. The fourth-order valence-electron chi connectivity index (χ4n) is 4.51. The number of fused-ring (bicyclic) bond motifs is 1. The second-order valence-electron chi connectivity index (χ2n) is 9.45. The summed E-state index contributed by atoms with van der Waals surface area (Å²) in [5, 5.41) is 0. The smallest absolute Gasteiger partial charge is 0.338 e. The monoisotopic (exact) mass is 556 g/mol. The molecule has 3 heterocycles. The van der Waals surface area contributed by atoms with Gasteiger partial charge in [-0.25, -0.2) is 14.6 Å². The molecule has 0 saturated carbocycles. The quantitative estimate of drug-likeness (QED) is 0.308. The average Bonchev–Trinajstić information content (AvgIpc) is 3.52. The molecule has 9 heteroatoms. The Hall–Kier alpha value is -4.50. The van der Waals surface area contributed by atoms with Gasteiger partial charge in [0, 0.05) is 11.6 Å². The number of ether oxygens (including phenoxy) is 2. The molecule has 40 heavy (non-hydrogen) atoms. The molecule has 0 spiro atoms. The van der Waals surface area contributed by atoms with Gasteiger partial charge in [0.05, 0.1) is 40.1 Å². The highest BCUT2D eigenvalue weighted by Gasteiger charge is 2.33. The van der Waals surface area contributed by atoms with E-state index in [1.54, 1.807) is 74.7 Å². The van der Waals surface area contributed by atoms with E-state index in [9.17, 15) is 14.4 Å². The molecule has 0 fully saturated rings. The Morgan fingerprint density at radius 3 is 2.45 bits per heavy atom. The Morgan fingerprint density at radius 2 is 1.77 bits per heavy atom. The third-order valence-corrected chi connectivity index (χ3v) is 7.26. The minimum Gasteiger partial charge on any atom is -0.462 e. The third-order valence-electron chi connectivity index (χ3n) is 6.28. The van der Waals surface area contributed by atoms with E-state index < -0.39 is 12.0 Å². The molecule has 0 bridgehead atoms. The number of allylic oxidation sites excluding steroid dienone is 1. The molecule has 8 nitrogen and oxygen atoms in total. The van der Waals surface area contributed by atoms with E-state index >= 15 is 0 Å². The molecule has 0 radical (unpaired) electrons. The third kappa shape index (κ3) is 5.33. The number of nitrogens with zero attached hydrogens (tertiary/aromatic N) is 2. The lowest BCUT2D eigenvalue weighted by Crippen LogP contribution is -2.40. The first-order chi connectivity index (χ1) is 19.3. The van der Waals surface area contributed by atoms with Crippen LogP contribution in [0.1, 0.15) is 55.4 Å². The Morgan fingerprint density at radius 1 is 1.05 bits per heavy atom. The van der Waals surface area contributed by atoms with Crippen LogP contribution in [0.25, 0.3) is 17.4 Å². The van der Waals surface area contributed by atoms with E-state index in [4.69, 9.17) is 13.9 Å². The lowest BCUT2D eigenvalue weighted by Gasteiger charge is -2.25. The van der Waals surface area contributed by atoms with Crippen LogP contribution in [-0.4, -0.2) is 29.2 Å². The van der Waals surface area contributed by atoms with Gasteiger partial charge in [0.15, 0.2) is 4.80 Å². The van der Waals surface area contributed by atoms with Crippen LogP contribution in [0.15, 0.2) is 92.2 Å². The van der Waals surface area contributed by atoms with Crippen molar-refractivity contribution in [3.8, 4) is 11.3 Å². The molecule has 4 aromatic rings. The maximum Gasteiger partial charge on any atom is 0.338 e.